The third-order valence-corrected chi connectivity index (χ3v) is 1.85. The van der Waals surface area contributed by atoms with Gasteiger partial charge in [0, 0.05) is 17.8 Å². The second-order valence-electron chi connectivity index (χ2n) is 2.50. The molecule has 1 rings (SSSR count). The lowest BCUT2D eigenvalue weighted by Crippen LogP contribution is -1.89. The standard InChI is InChI=1S/C9H8ClNO2/c1-6-4-5-11-9(10)7(6)2-3-8(12)13/h2-5H,1H3,(H,12,13). The number of rotatable bonds is 2. The van der Waals surface area contributed by atoms with Crippen LogP contribution in [0, 0.1) is 6.92 Å². The van der Waals surface area contributed by atoms with Crippen LogP contribution in [0.15, 0.2) is 18.3 Å². The average molecular weight is 198 g/mol. The highest BCUT2D eigenvalue weighted by molar-refractivity contribution is 6.31. The second-order valence-corrected chi connectivity index (χ2v) is 2.86. The fraction of sp³-hybridized carbons (Fsp3) is 0.111. The zero-order valence-electron chi connectivity index (χ0n) is 6.99. The SMILES string of the molecule is Cc1ccnc(Cl)c1C=CC(=O)O. The summed E-state index contributed by atoms with van der Waals surface area (Å²) in [4.78, 5) is 14.1. The largest absolute Gasteiger partial charge is 0.478 e. The molecule has 1 aromatic rings. The molecular formula is C9H8ClNO2. The second kappa shape index (κ2) is 4.05. The molecule has 4 heteroatoms. The van der Waals surface area contributed by atoms with Crippen LogP contribution in [0.2, 0.25) is 5.15 Å². The Bertz CT molecular complexity index is 340. The molecule has 0 aromatic carbocycles. The van der Waals surface area contributed by atoms with Gasteiger partial charge in [0.2, 0.25) is 0 Å². The van der Waals surface area contributed by atoms with Crippen molar-refractivity contribution in [2.75, 3.05) is 0 Å². The van der Waals surface area contributed by atoms with Crippen LogP contribution < -0.4 is 0 Å². The van der Waals surface area contributed by atoms with Gasteiger partial charge < -0.3 is 5.11 Å². The number of aryl methyl sites for hydroxylation is 1. The number of halogens is 1. The Labute approximate surface area is 80.7 Å². The molecule has 0 fully saturated rings. The zero-order chi connectivity index (χ0) is 9.84. The van der Waals surface area contributed by atoms with Gasteiger partial charge in [0.05, 0.1) is 0 Å². The smallest absolute Gasteiger partial charge is 0.328 e. The molecule has 0 saturated heterocycles. The number of hydrogen-bond donors (Lipinski definition) is 1. The maximum atomic E-state index is 10.2. The van der Waals surface area contributed by atoms with E-state index in [0.717, 1.165) is 11.6 Å². The van der Waals surface area contributed by atoms with Crippen LogP contribution in [0.25, 0.3) is 6.08 Å². The van der Waals surface area contributed by atoms with Crippen molar-refractivity contribution in [2.24, 2.45) is 0 Å². The quantitative estimate of drug-likeness (QED) is 0.584. The topological polar surface area (TPSA) is 50.2 Å². The predicted octanol–water partition coefficient (Wildman–Crippen LogP) is 2.14. The molecule has 0 bridgehead atoms. The van der Waals surface area contributed by atoms with E-state index in [1.54, 1.807) is 12.3 Å². The van der Waals surface area contributed by atoms with Crippen molar-refractivity contribution in [1.82, 2.24) is 4.98 Å². The number of carboxylic acids is 1. The summed E-state index contributed by atoms with van der Waals surface area (Å²) in [6, 6.07) is 1.77. The molecule has 0 amide bonds. The lowest BCUT2D eigenvalue weighted by Gasteiger charge is -2.00. The van der Waals surface area contributed by atoms with Crippen LogP contribution in [-0.2, 0) is 4.79 Å². The van der Waals surface area contributed by atoms with Gasteiger partial charge in [-0.15, -0.1) is 0 Å². The Kier molecular flexibility index (Phi) is 3.03. The van der Waals surface area contributed by atoms with Crippen molar-refractivity contribution in [3.05, 3.63) is 34.6 Å². The van der Waals surface area contributed by atoms with Gasteiger partial charge in [0.1, 0.15) is 5.15 Å². The Morgan fingerprint density at radius 1 is 1.69 bits per heavy atom. The number of nitrogens with zero attached hydrogens (tertiary/aromatic N) is 1. The zero-order valence-corrected chi connectivity index (χ0v) is 7.75. The van der Waals surface area contributed by atoms with Crippen molar-refractivity contribution >= 4 is 23.6 Å². The van der Waals surface area contributed by atoms with E-state index in [2.05, 4.69) is 4.98 Å². The summed E-state index contributed by atoms with van der Waals surface area (Å²) in [5.41, 5.74) is 1.55. The minimum atomic E-state index is -1.00. The molecule has 0 unspecified atom stereocenters. The van der Waals surface area contributed by atoms with Crippen molar-refractivity contribution in [3.63, 3.8) is 0 Å². The van der Waals surface area contributed by atoms with Gasteiger partial charge in [0.25, 0.3) is 0 Å². The van der Waals surface area contributed by atoms with Gasteiger partial charge in [0.15, 0.2) is 0 Å². The van der Waals surface area contributed by atoms with Crippen LogP contribution in [0.1, 0.15) is 11.1 Å². The van der Waals surface area contributed by atoms with Gasteiger partial charge in [-0.3, -0.25) is 0 Å². The van der Waals surface area contributed by atoms with Crippen LogP contribution >= 0.6 is 11.6 Å². The van der Waals surface area contributed by atoms with E-state index in [-0.39, 0.29) is 0 Å². The van der Waals surface area contributed by atoms with Gasteiger partial charge in [-0.1, -0.05) is 11.6 Å². The molecule has 0 saturated carbocycles. The molecule has 0 atom stereocenters. The number of aromatic nitrogens is 1. The van der Waals surface area contributed by atoms with E-state index in [9.17, 15) is 4.79 Å². The first kappa shape index (κ1) is 9.74. The number of carboxylic acid groups (broad SMARTS) is 1. The van der Waals surface area contributed by atoms with E-state index < -0.39 is 5.97 Å². The molecule has 0 aliphatic heterocycles. The molecule has 68 valence electrons. The number of carbonyl (C=O) groups is 1. The lowest BCUT2D eigenvalue weighted by atomic mass is 10.1. The monoisotopic (exact) mass is 197 g/mol. The molecule has 3 nitrogen and oxygen atoms in total. The van der Waals surface area contributed by atoms with E-state index in [0.29, 0.717) is 10.7 Å². The normalized spacial score (nSPS) is 10.6. The van der Waals surface area contributed by atoms with E-state index >= 15 is 0 Å². The van der Waals surface area contributed by atoms with Crippen LogP contribution in [0.4, 0.5) is 0 Å². The third kappa shape index (κ3) is 2.56. The minimum absolute atomic E-state index is 0.317. The predicted molar refractivity (Wildman–Crippen MR) is 50.7 cm³/mol. The highest BCUT2D eigenvalue weighted by Gasteiger charge is 2.00. The van der Waals surface area contributed by atoms with Crippen molar-refractivity contribution in [1.29, 1.82) is 0 Å². The Morgan fingerprint density at radius 3 is 2.92 bits per heavy atom. The van der Waals surface area contributed by atoms with Gasteiger partial charge in [-0.05, 0) is 24.6 Å². The lowest BCUT2D eigenvalue weighted by molar-refractivity contribution is -0.131. The fourth-order valence-electron chi connectivity index (χ4n) is 0.891. The molecular weight excluding hydrogens is 190 g/mol. The summed E-state index contributed by atoms with van der Waals surface area (Å²) in [7, 11) is 0. The van der Waals surface area contributed by atoms with Gasteiger partial charge in [-0.2, -0.15) is 0 Å². The fourth-order valence-corrected chi connectivity index (χ4v) is 1.16. The first-order valence-corrected chi connectivity index (χ1v) is 4.01. The first-order chi connectivity index (χ1) is 6.11. The molecule has 1 N–H and O–H groups in total. The van der Waals surface area contributed by atoms with Gasteiger partial charge >= 0.3 is 5.97 Å². The summed E-state index contributed by atoms with van der Waals surface area (Å²) in [5.74, 6) is -1.00. The van der Waals surface area contributed by atoms with Crippen LogP contribution in [0.3, 0.4) is 0 Å². The number of hydrogen-bond acceptors (Lipinski definition) is 2. The maximum Gasteiger partial charge on any atom is 0.328 e. The van der Waals surface area contributed by atoms with E-state index in [1.807, 2.05) is 6.92 Å². The minimum Gasteiger partial charge on any atom is -0.478 e. The van der Waals surface area contributed by atoms with Gasteiger partial charge in [-0.25, -0.2) is 9.78 Å². The Hall–Kier alpha value is -1.35. The van der Waals surface area contributed by atoms with Crippen LogP contribution in [0.5, 0.6) is 0 Å². The summed E-state index contributed by atoms with van der Waals surface area (Å²) in [6.07, 6.45) is 4.05. The molecule has 1 aromatic heterocycles. The first-order valence-electron chi connectivity index (χ1n) is 3.63. The molecule has 13 heavy (non-hydrogen) atoms. The highest BCUT2D eigenvalue weighted by Crippen LogP contribution is 2.17. The van der Waals surface area contributed by atoms with Crippen LogP contribution in [-0.4, -0.2) is 16.1 Å². The summed E-state index contributed by atoms with van der Waals surface area (Å²) in [6.45, 7) is 1.84. The summed E-state index contributed by atoms with van der Waals surface area (Å²) < 4.78 is 0. The van der Waals surface area contributed by atoms with Crippen molar-refractivity contribution in [3.8, 4) is 0 Å². The van der Waals surface area contributed by atoms with E-state index in [4.69, 9.17) is 16.7 Å². The Morgan fingerprint density at radius 2 is 2.38 bits per heavy atom. The molecule has 0 aliphatic carbocycles. The number of aliphatic carboxylic acids is 1. The maximum absolute atomic E-state index is 10.2. The average Bonchev–Trinajstić information content (AvgIpc) is 2.03. The molecule has 0 aliphatic rings. The highest BCUT2D eigenvalue weighted by atomic mass is 35.5. The third-order valence-electron chi connectivity index (χ3n) is 1.55. The molecule has 0 radical (unpaired) electrons. The summed E-state index contributed by atoms with van der Waals surface area (Å²) in [5, 5.41) is 8.72. The van der Waals surface area contributed by atoms with Crippen molar-refractivity contribution in [2.45, 2.75) is 6.92 Å². The molecule has 1 heterocycles. The molecule has 0 spiro atoms. The van der Waals surface area contributed by atoms with Crippen molar-refractivity contribution < 1.29 is 9.90 Å². The number of pyridine rings is 1. The Balaban J connectivity index is 3.06. The summed E-state index contributed by atoms with van der Waals surface area (Å²) >= 11 is 5.76. The van der Waals surface area contributed by atoms with E-state index in [1.165, 1.54) is 6.08 Å².